The molecule has 2 amide bonds. The molecule has 3 aromatic rings. The van der Waals surface area contributed by atoms with Crippen LogP contribution in [0.25, 0.3) is 10.9 Å². The second-order valence-electron chi connectivity index (χ2n) is 8.81. The lowest BCUT2D eigenvalue weighted by Crippen LogP contribution is -2.43. The molecule has 2 aliphatic heterocycles. The predicted molar refractivity (Wildman–Crippen MR) is 139 cm³/mol. The zero-order chi connectivity index (χ0) is 25.2. The first-order valence-electron chi connectivity index (χ1n) is 11.8. The zero-order valence-corrected chi connectivity index (χ0v) is 21.4. The monoisotopic (exact) mass is 528 g/mol. The van der Waals surface area contributed by atoms with Crippen LogP contribution in [0.1, 0.15) is 21.6 Å². The standard InChI is InChI=1S/C26H26Cl2N4O4/c1-35-22-6-5-16(27)13-21(22)29-23(33)15-31-8-7-20-18(14-31)24(26(34)32-9-11-36-12-10-32)17-3-2-4-19(28)25(17)30-20/h2-6,13H,7-12,14-15H2,1H3,(H,29,33). The first kappa shape index (κ1) is 24.8. The van der Waals surface area contributed by atoms with Crippen molar-refractivity contribution in [2.24, 2.45) is 0 Å². The number of pyridine rings is 1. The van der Waals surface area contributed by atoms with Gasteiger partial charge in [0, 0.05) is 54.3 Å². The average Bonchev–Trinajstić information content (AvgIpc) is 2.88. The number of morpholine rings is 1. The fourth-order valence-electron chi connectivity index (χ4n) is 4.76. The molecule has 0 atom stereocenters. The smallest absolute Gasteiger partial charge is 0.255 e. The van der Waals surface area contributed by atoms with E-state index in [4.69, 9.17) is 37.7 Å². The highest BCUT2D eigenvalue weighted by Crippen LogP contribution is 2.33. The summed E-state index contributed by atoms with van der Waals surface area (Å²) in [6.45, 7) is 3.29. The molecular weight excluding hydrogens is 503 g/mol. The number of methoxy groups -OCH3 is 1. The van der Waals surface area contributed by atoms with Crippen LogP contribution in [0.3, 0.4) is 0 Å². The summed E-state index contributed by atoms with van der Waals surface area (Å²) in [4.78, 5) is 35.3. The largest absolute Gasteiger partial charge is 0.495 e. The van der Waals surface area contributed by atoms with Crippen molar-refractivity contribution in [2.45, 2.75) is 13.0 Å². The van der Waals surface area contributed by atoms with E-state index in [-0.39, 0.29) is 18.4 Å². The second kappa shape index (κ2) is 10.6. The summed E-state index contributed by atoms with van der Waals surface area (Å²) in [6, 6.07) is 10.6. The van der Waals surface area contributed by atoms with Crippen molar-refractivity contribution < 1.29 is 19.1 Å². The van der Waals surface area contributed by atoms with E-state index in [1.54, 1.807) is 24.3 Å². The lowest BCUT2D eigenvalue weighted by atomic mass is 9.94. The van der Waals surface area contributed by atoms with Crippen molar-refractivity contribution >= 4 is 51.6 Å². The van der Waals surface area contributed by atoms with E-state index >= 15 is 0 Å². The van der Waals surface area contributed by atoms with E-state index in [1.807, 2.05) is 21.9 Å². The van der Waals surface area contributed by atoms with Gasteiger partial charge < -0.3 is 19.7 Å². The number of nitrogens with zero attached hydrogens (tertiary/aromatic N) is 3. The molecule has 1 N–H and O–H groups in total. The maximum Gasteiger partial charge on any atom is 0.255 e. The number of anilines is 1. The van der Waals surface area contributed by atoms with Gasteiger partial charge in [-0.25, -0.2) is 0 Å². The van der Waals surface area contributed by atoms with Gasteiger partial charge in [-0.15, -0.1) is 0 Å². The van der Waals surface area contributed by atoms with E-state index < -0.39 is 0 Å². The molecule has 0 saturated carbocycles. The van der Waals surface area contributed by atoms with Gasteiger partial charge in [-0.2, -0.15) is 0 Å². The minimum Gasteiger partial charge on any atom is -0.495 e. The maximum atomic E-state index is 13.7. The Labute approximate surface area is 219 Å². The van der Waals surface area contributed by atoms with Crippen molar-refractivity contribution in [3.8, 4) is 5.75 Å². The summed E-state index contributed by atoms with van der Waals surface area (Å²) >= 11 is 12.6. The predicted octanol–water partition coefficient (Wildman–Crippen LogP) is 4.02. The van der Waals surface area contributed by atoms with E-state index in [0.717, 1.165) is 16.6 Å². The first-order valence-corrected chi connectivity index (χ1v) is 12.5. The van der Waals surface area contributed by atoms with Gasteiger partial charge in [0.25, 0.3) is 5.91 Å². The summed E-state index contributed by atoms with van der Waals surface area (Å²) in [5.41, 5.74) is 3.45. The number of hydrogen-bond donors (Lipinski definition) is 1. The molecule has 1 saturated heterocycles. The van der Waals surface area contributed by atoms with Gasteiger partial charge in [0.15, 0.2) is 0 Å². The highest BCUT2D eigenvalue weighted by atomic mass is 35.5. The Morgan fingerprint density at radius 3 is 2.72 bits per heavy atom. The molecule has 0 unspecified atom stereocenters. The number of carbonyl (C=O) groups is 2. The number of halogens is 2. The number of fused-ring (bicyclic) bond motifs is 2. The summed E-state index contributed by atoms with van der Waals surface area (Å²) in [5, 5.41) is 4.63. The Balaban J connectivity index is 1.43. The molecule has 5 rings (SSSR count). The van der Waals surface area contributed by atoms with Crippen LogP contribution in [-0.2, 0) is 22.5 Å². The van der Waals surface area contributed by atoms with Crippen molar-refractivity contribution in [1.29, 1.82) is 0 Å². The molecule has 36 heavy (non-hydrogen) atoms. The van der Waals surface area contributed by atoms with Gasteiger partial charge in [-0.3, -0.25) is 19.5 Å². The molecule has 2 aliphatic rings. The minimum atomic E-state index is -0.197. The van der Waals surface area contributed by atoms with Gasteiger partial charge in [0.1, 0.15) is 5.75 Å². The Kier molecular flexibility index (Phi) is 7.29. The van der Waals surface area contributed by atoms with Crippen LogP contribution in [0.2, 0.25) is 10.0 Å². The topological polar surface area (TPSA) is 84.0 Å². The molecule has 0 bridgehead atoms. The van der Waals surface area contributed by atoms with Gasteiger partial charge in [0.2, 0.25) is 5.91 Å². The number of carbonyl (C=O) groups excluding carboxylic acids is 2. The lowest BCUT2D eigenvalue weighted by molar-refractivity contribution is -0.117. The fourth-order valence-corrected chi connectivity index (χ4v) is 5.15. The van der Waals surface area contributed by atoms with Gasteiger partial charge in [-0.05, 0) is 24.3 Å². The SMILES string of the molecule is COc1ccc(Cl)cc1NC(=O)CN1CCc2nc3c(Cl)cccc3c(C(=O)N3CCOCC3)c2C1. The summed E-state index contributed by atoms with van der Waals surface area (Å²) in [6.07, 6.45) is 0.605. The van der Waals surface area contributed by atoms with Crippen LogP contribution < -0.4 is 10.1 Å². The Morgan fingerprint density at radius 2 is 1.94 bits per heavy atom. The van der Waals surface area contributed by atoms with Crippen LogP contribution in [-0.4, -0.2) is 73.1 Å². The maximum absolute atomic E-state index is 13.7. The molecule has 8 nitrogen and oxygen atoms in total. The molecule has 0 spiro atoms. The molecular formula is C26H26Cl2N4O4. The van der Waals surface area contributed by atoms with E-state index in [1.165, 1.54) is 7.11 Å². The molecule has 1 aromatic heterocycles. The van der Waals surface area contributed by atoms with Crippen molar-refractivity contribution in [2.75, 3.05) is 51.8 Å². The van der Waals surface area contributed by atoms with Crippen molar-refractivity contribution in [3.63, 3.8) is 0 Å². The van der Waals surface area contributed by atoms with Crippen LogP contribution in [0.4, 0.5) is 5.69 Å². The number of nitrogens with one attached hydrogen (secondary N) is 1. The summed E-state index contributed by atoms with van der Waals surface area (Å²) in [7, 11) is 1.54. The number of para-hydroxylation sites is 1. The molecule has 3 heterocycles. The van der Waals surface area contributed by atoms with Gasteiger partial charge in [-0.1, -0.05) is 35.3 Å². The van der Waals surface area contributed by atoms with Crippen molar-refractivity contribution in [1.82, 2.24) is 14.8 Å². The molecule has 188 valence electrons. The molecule has 10 heteroatoms. The lowest BCUT2D eigenvalue weighted by Gasteiger charge is -2.32. The fraction of sp³-hybridized carbons (Fsp3) is 0.346. The average molecular weight is 529 g/mol. The summed E-state index contributed by atoms with van der Waals surface area (Å²) in [5.74, 6) is 0.277. The van der Waals surface area contributed by atoms with Crippen LogP contribution in [0.5, 0.6) is 5.75 Å². The molecule has 0 radical (unpaired) electrons. The van der Waals surface area contributed by atoms with E-state index in [9.17, 15) is 9.59 Å². The number of ether oxygens (including phenoxy) is 2. The number of hydrogen-bond acceptors (Lipinski definition) is 6. The quantitative estimate of drug-likeness (QED) is 0.538. The van der Waals surface area contributed by atoms with Gasteiger partial charge in [0.05, 0.1) is 48.7 Å². The summed E-state index contributed by atoms with van der Waals surface area (Å²) < 4.78 is 10.8. The third kappa shape index (κ3) is 4.99. The number of aromatic nitrogens is 1. The van der Waals surface area contributed by atoms with Crippen LogP contribution in [0.15, 0.2) is 36.4 Å². The number of amides is 2. The Hall–Kier alpha value is -2.91. The van der Waals surface area contributed by atoms with E-state index in [0.29, 0.717) is 78.4 Å². The highest BCUT2D eigenvalue weighted by Gasteiger charge is 2.30. The second-order valence-corrected chi connectivity index (χ2v) is 9.65. The molecule has 2 aromatic carbocycles. The first-order chi connectivity index (χ1) is 17.4. The van der Waals surface area contributed by atoms with Crippen molar-refractivity contribution in [3.05, 3.63) is 63.3 Å². The molecule has 0 aliphatic carbocycles. The Bertz CT molecular complexity index is 1330. The van der Waals surface area contributed by atoms with E-state index in [2.05, 4.69) is 5.32 Å². The van der Waals surface area contributed by atoms with Crippen LogP contribution >= 0.6 is 23.2 Å². The minimum absolute atomic E-state index is 0.0563. The zero-order valence-electron chi connectivity index (χ0n) is 19.9. The van der Waals surface area contributed by atoms with Crippen LogP contribution in [0, 0.1) is 0 Å². The molecule has 1 fully saturated rings. The normalized spacial score (nSPS) is 16.0. The highest BCUT2D eigenvalue weighted by molar-refractivity contribution is 6.35. The Morgan fingerprint density at radius 1 is 1.14 bits per heavy atom. The third-order valence-corrected chi connectivity index (χ3v) is 7.05. The number of rotatable bonds is 5. The van der Waals surface area contributed by atoms with Gasteiger partial charge >= 0.3 is 0 Å². The third-order valence-electron chi connectivity index (χ3n) is 6.51. The number of benzene rings is 2.